The van der Waals surface area contributed by atoms with Crippen LogP contribution in [0.5, 0.6) is 0 Å². The van der Waals surface area contributed by atoms with Crippen LogP contribution in [0.2, 0.25) is 0 Å². The van der Waals surface area contributed by atoms with Gasteiger partial charge in [0.15, 0.2) is 5.16 Å². The standard InChI is InChI=1S/C28H27FN6OS/c29-21-14-12-20(13-15-21)18-34-24-10-4-5-11-25(24)35-27(34)31-32-28(35)37-19-26(36)30-22-8-2-3-9-23(22)33-16-6-1-7-17-33/h2-5,8-15H,1,6-7,16-19H2,(H,30,36). The van der Waals surface area contributed by atoms with Crippen LogP contribution in [0.4, 0.5) is 15.8 Å². The summed E-state index contributed by atoms with van der Waals surface area (Å²) in [6, 6.07) is 22.5. The van der Waals surface area contributed by atoms with Gasteiger partial charge in [0, 0.05) is 13.1 Å². The third-order valence-electron chi connectivity index (χ3n) is 6.73. The molecule has 5 aromatic rings. The Morgan fingerprint density at radius 1 is 0.892 bits per heavy atom. The number of para-hydroxylation sites is 4. The number of hydrogen-bond acceptors (Lipinski definition) is 5. The smallest absolute Gasteiger partial charge is 0.237 e. The number of thioether (sulfide) groups is 1. The summed E-state index contributed by atoms with van der Waals surface area (Å²) in [6.07, 6.45) is 3.61. The molecule has 37 heavy (non-hydrogen) atoms. The van der Waals surface area contributed by atoms with Crippen molar-refractivity contribution < 1.29 is 9.18 Å². The Kier molecular flexibility index (Phi) is 6.53. The molecule has 7 nitrogen and oxygen atoms in total. The van der Waals surface area contributed by atoms with Gasteiger partial charge in [0.2, 0.25) is 11.7 Å². The van der Waals surface area contributed by atoms with Gasteiger partial charge in [0.05, 0.1) is 34.7 Å². The summed E-state index contributed by atoms with van der Waals surface area (Å²) in [5.41, 5.74) is 4.85. The van der Waals surface area contributed by atoms with Gasteiger partial charge in [-0.1, -0.05) is 48.2 Å². The summed E-state index contributed by atoms with van der Waals surface area (Å²) in [4.78, 5) is 15.3. The van der Waals surface area contributed by atoms with E-state index in [1.807, 2.05) is 46.9 Å². The zero-order valence-electron chi connectivity index (χ0n) is 20.3. The minimum Gasteiger partial charge on any atom is -0.370 e. The highest BCUT2D eigenvalue weighted by atomic mass is 32.2. The van der Waals surface area contributed by atoms with Gasteiger partial charge >= 0.3 is 0 Å². The molecule has 188 valence electrons. The van der Waals surface area contributed by atoms with E-state index in [1.165, 1.54) is 43.2 Å². The molecular weight excluding hydrogens is 487 g/mol. The molecule has 1 aliphatic rings. The number of hydrogen-bond donors (Lipinski definition) is 1. The Morgan fingerprint density at radius 2 is 1.62 bits per heavy atom. The number of halogens is 1. The second-order valence-corrected chi connectivity index (χ2v) is 10.2. The Hall–Kier alpha value is -3.85. The topological polar surface area (TPSA) is 67.5 Å². The van der Waals surface area contributed by atoms with E-state index in [0.29, 0.717) is 17.5 Å². The van der Waals surface area contributed by atoms with E-state index in [-0.39, 0.29) is 17.5 Å². The fourth-order valence-corrected chi connectivity index (χ4v) is 5.71. The number of benzene rings is 3. The molecule has 1 amide bonds. The predicted octanol–water partition coefficient (Wildman–Crippen LogP) is 5.59. The quantitative estimate of drug-likeness (QED) is 0.287. The number of imidazole rings is 1. The van der Waals surface area contributed by atoms with Crippen molar-refractivity contribution in [3.8, 4) is 0 Å². The molecule has 6 rings (SSSR count). The first kappa shape index (κ1) is 23.5. The summed E-state index contributed by atoms with van der Waals surface area (Å²) in [6.45, 7) is 2.57. The highest BCUT2D eigenvalue weighted by molar-refractivity contribution is 7.99. The van der Waals surface area contributed by atoms with Crippen molar-refractivity contribution >= 4 is 45.9 Å². The maximum Gasteiger partial charge on any atom is 0.237 e. The van der Waals surface area contributed by atoms with Crippen molar-refractivity contribution in [2.24, 2.45) is 0 Å². The van der Waals surface area contributed by atoms with Crippen LogP contribution < -0.4 is 10.2 Å². The molecular formula is C28H27FN6OS. The minimum absolute atomic E-state index is 0.0822. The lowest BCUT2D eigenvalue weighted by atomic mass is 10.1. The third kappa shape index (κ3) is 4.79. The van der Waals surface area contributed by atoms with Crippen LogP contribution >= 0.6 is 11.8 Å². The summed E-state index contributed by atoms with van der Waals surface area (Å²) < 4.78 is 17.5. The van der Waals surface area contributed by atoms with Crippen molar-refractivity contribution in [2.75, 3.05) is 29.1 Å². The number of anilines is 2. The van der Waals surface area contributed by atoms with E-state index in [2.05, 4.69) is 31.0 Å². The Bertz CT molecular complexity index is 1550. The second-order valence-electron chi connectivity index (χ2n) is 9.22. The monoisotopic (exact) mass is 514 g/mol. The van der Waals surface area contributed by atoms with E-state index < -0.39 is 0 Å². The van der Waals surface area contributed by atoms with Gasteiger partial charge in [-0.2, -0.15) is 0 Å². The largest absolute Gasteiger partial charge is 0.370 e. The predicted molar refractivity (Wildman–Crippen MR) is 146 cm³/mol. The number of amides is 1. The molecule has 0 aliphatic carbocycles. The maximum atomic E-state index is 13.4. The summed E-state index contributed by atoms with van der Waals surface area (Å²) >= 11 is 1.36. The van der Waals surface area contributed by atoms with E-state index in [4.69, 9.17) is 0 Å². The van der Waals surface area contributed by atoms with Crippen LogP contribution in [0.3, 0.4) is 0 Å². The molecule has 1 N–H and O–H groups in total. The zero-order valence-corrected chi connectivity index (χ0v) is 21.1. The fourth-order valence-electron chi connectivity index (χ4n) is 4.97. The molecule has 3 aromatic carbocycles. The number of piperidine rings is 1. The molecule has 1 fully saturated rings. The van der Waals surface area contributed by atoms with Crippen molar-refractivity contribution in [1.29, 1.82) is 0 Å². The molecule has 0 spiro atoms. The number of carbonyl (C=O) groups excluding carboxylic acids is 1. The van der Waals surface area contributed by atoms with Gasteiger partial charge in [-0.3, -0.25) is 9.20 Å². The zero-order chi connectivity index (χ0) is 25.2. The molecule has 0 radical (unpaired) electrons. The normalized spacial score (nSPS) is 13.9. The average molecular weight is 515 g/mol. The van der Waals surface area contributed by atoms with Crippen LogP contribution in [-0.4, -0.2) is 43.9 Å². The molecule has 1 aliphatic heterocycles. The van der Waals surface area contributed by atoms with Gasteiger partial charge in [-0.05, 0) is 61.2 Å². The number of rotatable bonds is 7. The van der Waals surface area contributed by atoms with Crippen molar-refractivity contribution in [3.05, 3.63) is 84.2 Å². The van der Waals surface area contributed by atoms with Crippen LogP contribution in [0.15, 0.2) is 78.0 Å². The highest BCUT2D eigenvalue weighted by Gasteiger charge is 2.19. The van der Waals surface area contributed by atoms with E-state index in [9.17, 15) is 9.18 Å². The van der Waals surface area contributed by atoms with E-state index in [1.54, 1.807) is 12.1 Å². The number of carbonyl (C=O) groups is 1. The van der Waals surface area contributed by atoms with Crippen molar-refractivity contribution in [2.45, 2.75) is 31.0 Å². The summed E-state index contributed by atoms with van der Waals surface area (Å²) in [7, 11) is 0. The average Bonchev–Trinajstić information content (AvgIpc) is 3.49. The molecule has 1 saturated heterocycles. The molecule has 3 heterocycles. The highest BCUT2D eigenvalue weighted by Crippen LogP contribution is 2.30. The molecule has 0 unspecified atom stereocenters. The minimum atomic E-state index is -0.260. The van der Waals surface area contributed by atoms with Crippen LogP contribution in [-0.2, 0) is 11.3 Å². The first-order chi connectivity index (χ1) is 18.2. The van der Waals surface area contributed by atoms with Gasteiger partial charge in [-0.25, -0.2) is 4.39 Å². The summed E-state index contributed by atoms with van der Waals surface area (Å²) in [5.74, 6) is 0.557. The van der Waals surface area contributed by atoms with Crippen LogP contribution in [0.1, 0.15) is 24.8 Å². The molecule has 2 aromatic heterocycles. The van der Waals surface area contributed by atoms with Crippen LogP contribution in [0, 0.1) is 5.82 Å². The maximum absolute atomic E-state index is 13.4. The lowest BCUT2D eigenvalue weighted by molar-refractivity contribution is -0.113. The second kappa shape index (κ2) is 10.3. The molecule has 9 heteroatoms. The number of nitrogens with zero attached hydrogens (tertiary/aromatic N) is 5. The fraction of sp³-hybridized carbons (Fsp3) is 0.250. The Labute approximate surface area is 218 Å². The molecule has 0 atom stereocenters. The lowest BCUT2D eigenvalue weighted by Crippen LogP contribution is -2.30. The number of nitrogens with one attached hydrogen (secondary N) is 1. The molecule has 0 saturated carbocycles. The SMILES string of the molecule is O=C(CSc1nnc2n(Cc3ccc(F)cc3)c3ccccc3n12)Nc1ccccc1N1CCCCC1. The van der Waals surface area contributed by atoms with Crippen molar-refractivity contribution in [1.82, 2.24) is 19.2 Å². The van der Waals surface area contributed by atoms with Crippen molar-refractivity contribution in [3.63, 3.8) is 0 Å². The van der Waals surface area contributed by atoms with Gasteiger partial charge < -0.3 is 14.8 Å². The molecule has 0 bridgehead atoms. The lowest BCUT2D eigenvalue weighted by Gasteiger charge is -2.30. The summed E-state index contributed by atoms with van der Waals surface area (Å²) in [5, 5.41) is 12.6. The number of fused-ring (bicyclic) bond motifs is 3. The van der Waals surface area contributed by atoms with Gasteiger partial charge in [0.1, 0.15) is 5.82 Å². The Morgan fingerprint density at radius 3 is 2.43 bits per heavy atom. The van der Waals surface area contributed by atoms with E-state index >= 15 is 0 Å². The Balaban J connectivity index is 1.22. The first-order valence-electron chi connectivity index (χ1n) is 12.5. The van der Waals surface area contributed by atoms with Crippen LogP contribution in [0.25, 0.3) is 16.8 Å². The third-order valence-corrected chi connectivity index (χ3v) is 7.66. The van der Waals surface area contributed by atoms with Gasteiger partial charge in [0.25, 0.3) is 0 Å². The van der Waals surface area contributed by atoms with E-state index in [0.717, 1.165) is 41.1 Å². The van der Waals surface area contributed by atoms with Gasteiger partial charge in [-0.15, -0.1) is 10.2 Å². The number of aromatic nitrogens is 4. The first-order valence-corrected chi connectivity index (χ1v) is 13.5.